The Morgan fingerprint density at radius 3 is 2.68 bits per heavy atom. The van der Waals surface area contributed by atoms with Crippen molar-refractivity contribution >= 4 is 0 Å². The SMILES string of the molecule is N#CC1CCCCCC1NCC(O)c1ccccc1. The predicted octanol–water partition coefficient (Wildman–Crippen LogP) is 2.78. The Morgan fingerprint density at radius 1 is 1.21 bits per heavy atom. The fourth-order valence-corrected chi connectivity index (χ4v) is 2.76. The molecule has 0 aliphatic heterocycles. The molecule has 0 saturated heterocycles. The van der Waals surface area contributed by atoms with Gasteiger partial charge in [-0.25, -0.2) is 0 Å². The van der Waals surface area contributed by atoms with E-state index in [2.05, 4.69) is 11.4 Å². The number of hydrogen-bond donors (Lipinski definition) is 2. The van der Waals surface area contributed by atoms with Crippen LogP contribution in [0.5, 0.6) is 0 Å². The van der Waals surface area contributed by atoms with E-state index in [9.17, 15) is 10.4 Å². The molecule has 1 saturated carbocycles. The van der Waals surface area contributed by atoms with Crippen LogP contribution in [0.2, 0.25) is 0 Å². The van der Waals surface area contributed by atoms with Crippen molar-refractivity contribution in [2.45, 2.75) is 44.2 Å². The molecule has 0 heterocycles. The quantitative estimate of drug-likeness (QED) is 0.816. The Bertz CT molecular complexity index is 413. The molecule has 0 aromatic heterocycles. The van der Waals surface area contributed by atoms with Gasteiger partial charge in [-0.3, -0.25) is 0 Å². The minimum absolute atomic E-state index is 0.0884. The van der Waals surface area contributed by atoms with Crippen LogP contribution in [-0.4, -0.2) is 17.7 Å². The summed E-state index contributed by atoms with van der Waals surface area (Å²) < 4.78 is 0. The van der Waals surface area contributed by atoms with Gasteiger partial charge in [-0.05, 0) is 18.4 Å². The van der Waals surface area contributed by atoms with Gasteiger partial charge < -0.3 is 10.4 Å². The molecule has 0 radical (unpaired) electrons. The molecule has 0 amide bonds. The lowest BCUT2D eigenvalue weighted by molar-refractivity contribution is 0.165. The van der Waals surface area contributed by atoms with Gasteiger partial charge in [0.1, 0.15) is 0 Å². The van der Waals surface area contributed by atoms with Crippen molar-refractivity contribution in [3.05, 3.63) is 35.9 Å². The first-order chi connectivity index (χ1) is 9.31. The van der Waals surface area contributed by atoms with E-state index >= 15 is 0 Å². The second-order valence-electron chi connectivity index (χ2n) is 5.31. The molecule has 2 N–H and O–H groups in total. The van der Waals surface area contributed by atoms with Crippen LogP contribution in [0.1, 0.15) is 43.8 Å². The van der Waals surface area contributed by atoms with Gasteiger partial charge in [0.15, 0.2) is 0 Å². The molecule has 3 atom stereocenters. The van der Waals surface area contributed by atoms with E-state index in [0.29, 0.717) is 6.54 Å². The first-order valence-electron chi connectivity index (χ1n) is 7.17. The lowest BCUT2D eigenvalue weighted by Gasteiger charge is -2.22. The summed E-state index contributed by atoms with van der Waals surface area (Å²) in [6.07, 6.45) is 5.07. The lowest BCUT2D eigenvalue weighted by atomic mass is 9.96. The van der Waals surface area contributed by atoms with Crippen LogP contribution in [0.15, 0.2) is 30.3 Å². The minimum Gasteiger partial charge on any atom is -0.387 e. The van der Waals surface area contributed by atoms with Crippen molar-refractivity contribution in [3.8, 4) is 6.07 Å². The number of rotatable bonds is 4. The van der Waals surface area contributed by atoms with Crippen molar-refractivity contribution in [1.29, 1.82) is 5.26 Å². The maximum atomic E-state index is 10.1. The molecule has 3 unspecified atom stereocenters. The molecule has 0 bridgehead atoms. The van der Waals surface area contributed by atoms with Gasteiger partial charge in [-0.2, -0.15) is 5.26 Å². The van der Waals surface area contributed by atoms with Gasteiger partial charge >= 0.3 is 0 Å². The fraction of sp³-hybridized carbons (Fsp3) is 0.562. The van der Waals surface area contributed by atoms with Crippen LogP contribution in [0.25, 0.3) is 0 Å². The summed E-state index contributed by atoms with van der Waals surface area (Å²) in [5.74, 6) is 0.0884. The molecule has 1 aromatic carbocycles. The monoisotopic (exact) mass is 258 g/mol. The molecule has 2 rings (SSSR count). The normalized spacial score (nSPS) is 25.3. The summed E-state index contributed by atoms with van der Waals surface area (Å²) in [5.41, 5.74) is 0.928. The van der Waals surface area contributed by atoms with Crippen molar-refractivity contribution in [2.24, 2.45) is 5.92 Å². The Labute approximate surface area is 115 Å². The van der Waals surface area contributed by atoms with Gasteiger partial charge in [-0.15, -0.1) is 0 Å². The van der Waals surface area contributed by atoms with Crippen molar-refractivity contribution in [1.82, 2.24) is 5.32 Å². The zero-order chi connectivity index (χ0) is 13.5. The summed E-state index contributed by atoms with van der Waals surface area (Å²) in [7, 11) is 0. The molecule has 1 fully saturated rings. The third-order valence-electron chi connectivity index (χ3n) is 3.94. The first kappa shape index (κ1) is 14.0. The Kier molecular flexibility index (Phi) is 5.38. The third kappa shape index (κ3) is 4.05. The van der Waals surface area contributed by atoms with Crippen LogP contribution in [0.4, 0.5) is 0 Å². The number of nitrogens with zero attached hydrogens (tertiary/aromatic N) is 1. The van der Waals surface area contributed by atoms with Crippen molar-refractivity contribution in [2.75, 3.05) is 6.54 Å². The smallest absolute Gasteiger partial charge is 0.0914 e. The lowest BCUT2D eigenvalue weighted by Crippen LogP contribution is -2.37. The van der Waals surface area contributed by atoms with E-state index in [1.807, 2.05) is 30.3 Å². The molecule has 102 valence electrons. The van der Waals surface area contributed by atoms with E-state index in [1.54, 1.807) is 0 Å². The highest BCUT2D eigenvalue weighted by Crippen LogP contribution is 2.23. The van der Waals surface area contributed by atoms with E-state index in [4.69, 9.17) is 0 Å². The van der Waals surface area contributed by atoms with Crippen molar-refractivity contribution in [3.63, 3.8) is 0 Å². The average Bonchev–Trinajstić information content (AvgIpc) is 2.70. The molecular weight excluding hydrogens is 236 g/mol. The number of nitriles is 1. The molecule has 0 spiro atoms. The van der Waals surface area contributed by atoms with Crippen LogP contribution < -0.4 is 5.32 Å². The van der Waals surface area contributed by atoms with Crippen LogP contribution in [-0.2, 0) is 0 Å². The van der Waals surface area contributed by atoms with Gasteiger partial charge in [0.2, 0.25) is 0 Å². The van der Waals surface area contributed by atoms with Gasteiger partial charge in [0.05, 0.1) is 18.1 Å². The van der Waals surface area contributed by atoms with E-state index < -0.39 is 6.10 Å². The summed E-state index contributed by atoms with van der Waals surface area (Å²) in [6, 6.07) is 12.3. The molecule has 19 heavy (non-hydrogen) atoms. The zero-order valence-electron chi connectivity index (χ0n) is 11.3. The van der Waals surface area contributed by atoms with E-state index in [0.717, 1.165) is 24.8 Å². The molecule has 1 aliphatic rings. The van der Waals surface area contributed by atoms with Crippen LogP contribution >= 0.6 is 0 Å². The molecule has 1 aliphatic carbocycles. The van der Waals surface area contributed by atoms with Gasteiger partial charge in [0, 0.05) is 12.6 Å². The highest BCUT2D eigenvalue weighted by molar-refractivity contribution is 5.17. The molecule has 3 nitrogen and oxygen atoms in total. The standard InChI is InChI=1S/C16H22N2O/c17-11-14-9-5-2-6-10-15(14)18-12-16(19)13-7-3-1-4-8-13/h1,3-4,7-8,14-16,18-19H,2,5-6,9-10,12H2. The Balaban J connectivity index is 1.88. The second-order valence-corrected chi connectivity index (χ2v) is 5.31. The topological polar surface area (TPSA) is 56.0 Å². The summed E-state index contributed by atoms with van der Waals surface area (Å²) >= 11 is 0. The van der Waals surface area contributed by atoms with Crippen LogP contribution in [0, 0.1) is 17.2 Å². The zero-order valence-corrected chi connectivity index (χ0v) is 11.3. The maximum absolute atomic E-state index is 10.1. The fourth-order valence-electron chi connectivity index (χ4n) is 2.76. The third-order valence-corrected chi connectivity index (χ3v) is 3.94. The largest absolute Gasteiger partial charge is 0.387 e. The first-order valence-corrected chi connectivity index (χ1v) is 7.17. The van der Waals surface area contributed by atoms with Crippen LogP contribution in [0.3, 0.4) is 0 Å². The van der Waals surface area contributed by atoms with Gasteiger partial charge in [0.25, 0.3) is 0 Å². The Hall–Kier alpha value is -1.37. The highest BCUT2D eigenvalue weighted by Gasteiger charge is 2.23. The second kappa shape index (κ2) is 7.28. The number of aliphatic hydroxyl groups is 1. The maximum Gasteiger partial charge on any atom is 0.0914 e. The Morgan fingerprint density at radius 2 is 1.95 bits per heavy atom. The number of hydrogen-bond acceptors (Lipinski definition) is 3. The molecular formula is C16H22N2O. The van der Waals surface area contributed by atoms with Crippen molar-refractivity contribution < 1.29 is 5.11 Å². The number of benzene rings is 1. The number of nitrogens with one attached hydrogen (secondary N) is 1. The van der Waals surface area contributed by atoms with E-state index in [-0.39, 0.29) is 12.0 Å². The van der Waals surface area contributed by atoms with Gasteiger partial charge in [-0.1, -0.05) is 49.6 Å². The predicted molar refractivity (Wildman–Crippen MR) is 75.4 cm³/mol. The minimum atomic E-state index is -0.496. The highest BCUT2D eigenvalue weighted by atomic mass is 16.3. The number of aliphatic hydroxyl groups excluding tert-OH is 1. The van der Waals surface area contributed by atoms with E-state index in [1.165, 1.54) is 12.8 Å². The molecule has 1 aromatic rings. The average molecular weight is 258 g/mol. The molecule has 3 heteroatoms. The summed E-state index contributed by atoms with van der Waals surface area (Å²) in [5, 5.41) is 22.7. The summed E-state index contributed by atoms with van der Waals surface area (Å²) in [4.78, 5) is 0. The summed E-state index contributed by atoms with van der Waals surface area (Å²) in [6.45, 7) is 0.521.